The summed E-state index contributed by atoms with van der Waals surface area (Å²) >= 11 is 0. The molecule has 0 saturated carbocycles. The SMILES string of the molecule is O=C(Nc1cccc([N+](=O)[O-])c1)[C@H](c1ccccc1)N1CCOCC1. The van der Waals surface area contributed by atoms with Gasteiger partial charge in [-0.3, -0.25) is 19.8 Å². The van der Waals surface area contributed by atoms with Crippen LogP contribution in [-0.4, -0.2) is 42.0 Å². The summed E-state index contributed by atoms with van der Waals surface area (Å²) in [7, 11) is 0. The summed E-state index contributed by atoms with van der Waals surface area (Å²) in [6.45, 7) is 2.46. The molecule has 3 rings (SSSR count). The molecule has 2 aromatic carbocycles. The van der Waals surface area contributed by atoms with E-state index < -0.39 is 11.0 Å². The summed E-state index contributed by atoms with van der Waals surface area (Å²) in [5, 5.41) is 13.7. The maximum absolute atomic E-state index is 12.9. The van der Waals surface area contributed by atoms with Crippen molar-refractivity contribution >= 4 is 17.3 Å². The fraction of sp³-hybridized carbons (Fsp3) is 0.278. The molecule has 0 bridgehead atoms. The van der Waals surface area contributed by atoms with Crippen molar-refractivity contribution in [1.82, 2.24) is 4.90 Å². The molecule has 7 nitrogen and oxygen atoms in total. The van der Waals surface area contributed by atoms with E-state index in [9.17, 15) is 14.9 Å². The molecular weight excluding hydrogens is 322 g/mol. The summed E-state index contributed by atoms with van der Waals surface area (Å²) in [6, 6.07) is 15.0. The van der Waals surface area contributed by atoms with Crippen LogP contribution in [0, 0.1) is 10.1 Å². The van der Waals surface area contributed by atoms with Crippen molar-refractivity contribution in [1.29, 1.82) is 0 Å². The lowest BCUT2D eigenvalue weighted by Crippen LogP contribution is -2.43. The average molecular weight is 341 g/mol. The minimum atomic E-state index is -0.480. The lowest BCUT2D eigenvalue weighted by Gasteiger charge is -2.33. The third kappa shape index (κ3) is 4.20. The van der Waals surface area contributed by atoms with Crippen LogP contribution >= 0.6 is 0 Å². The highest BCUT2D eigenvalue weighted by atomic mass is 16.6. The zero-order valence-corrected chi connectivity index (χ0v) is 13.6. The summed E-state index contributed by atoms with van der Waals surface area (Å²) in [6.07, 6.45) is 0. The predicted octanol–water partition coefficient (Wildman–Crippen LogP) is 2.61. The van der Waals surface area contributed by atoms with Crippen LogP contribution in [0.15, 0.2) is 54.6 Å². The maximum atomic E-state index is 12.9. The molecule has 1 aliphatic heterocycles. The van der Waals surface area contributed by atoms with Gasteiger partial charge in [0, 0.05) is 30.9 Å². The van der Waals surface area contributed by atoms with E-state index >= 15 is 0 Å². The van der Waals surface area contributed by atoms with Gasteiger partial charge >= 0.3 is 0 Å². The first-order valence-corrected chi connectivity index (χ1v) is 8.07. The van der Waals surface area contributed by atoms with Crippen LogP contribution in [0.4, 0.5) is 11.4 Å². The Labute approximate surface area is 145 Å². The van der Waals surface area contributed by atoms with Crippen molar-refractivity contribution in [3.8, 4) is 0 Å². The monoisotopic (exact) mass is 341 g/mol. The molecule has 0 unspecified atom stereocenters. The van der Waals surface area contributed by atoms with Crippen molar-refractivity contribution < 1.29 is 14.5 Å². The number of nitrogens with zero attached hydrogens (tertiary/aromatic N) is 2. The summed E-state index contributed by atoms with van der Waals surface area (Å²) in [5.41, 5.74) is 1.24. The van der Waals surface area contributed by atoms with E-state index in [1.165, 1.54) is 12.1 Å². The molecule has 0 aromatic heterocycles. The second-order valence-electron chi connectivity index (χ2n) is 5.76. The Bertz CT molecular complexity index is 745. The lowest BCUT2D eigenvalue weighted by molar-refractivity contribution is -0.384. The molecular formula is C18H19N3O4. The molecule has 2 aromatic rings. The van der Waals surface area contributed by atoms with Gasteiger partial charge in [0.1, 0.15) is 6.04 Å². The first kappa shape index (κ1) is 17.1. The van der Waals surface area contributed by atoms with Gasteiger partial charge in [0.05, 0.1) is 18.1 Å². The molecule has 25 heavy (non-hydrogen) atoms. The number of carbonyl (C=O) groups is 1. The maximum Gasteiger partial charge on any atom is 0.271 e. The lowest BCUT2D eigenvalue weighted by atomic mass is 10.0. The highest BCUT2D eigenvalue weighted by Gasteiger charge is 2.29. The molecule has 0 radical (unpaired) electrons. The normalized spacial score (nSPS) is 16.2. The van der Waals surface area contributed by atoms with Crippen LogP contribution in [-0.2, 0) is 9.53 Å². The number of hydrogen-bond acceptors (Lipinski definition) is 5. The molecule has 0 aliphatic carbocycles. The zero-order chi connectivity index (χ0) is 17.6. The largest absolute Gasteiger partial charge is 0.379 e. The number of hydrogen-bond donors (Lipinski definition) is 1. The van der Waals surface area contributed by atoms with Crippen LogP contribution in [0.25, 0.3) is 0 Å². The van der Waals surface area contributed by atoms with Gasteiger partial charge in [-0.25, -0.2) is 0 Å². The molecule has 7 heteroatoms. The third-order valence-electron chi connectivity index (χ3n) is 4.10. The minimum Gasteiger partial charge on any atom is -0.379 e. The van der Waals surface area contributed by atoms with E-state index in [0.717, 1.165) is 5.56 Å². The summed E-state index contributed by atoms with van der Waals surface area (Å²) < 4.78 is 5.38. The number of morpholine rings is 1. The van der Waals surface area contributed by atoms with Crippen molar-refractivity contribution in [3.63, 3.8) is 0 Å². The van der Waals surface area contributed by atoms with Crippen LogP contribution in [0.3, 0.4) is 0 Å². The highest BCUT2D eigenvalue weighted by Crippen LogP contribution is 2.25. The molecule has 130 valence electrons. The number of benzene rings is 2. The zero-order valence-electron chi connectivity index (χ0n) is 13.6. The van der Waals surface area contributed by atoms with E-state index in [-0.39, 0.29) is 11.6 Å². The van der Waals surface area contributed by atoms with Crippen molar-refractivity contribution in [2.75, 3.05) is 31.6 Å². The van der Waals surface area contributed by atoms with E-state index in [2.05, 4.69) is 10.2 Å². The fourth-order valence-electron chi connectivity index (χ4n) is 2.91. The number of non-ortho nitro benzene ring substituents is 1. The number of ether oxygens (including phenoxy) is 1. The molecule has 0 spiro atoms. The third-order valence-corrected chi connectivity index (χ3v) is 4.10. The van der Waals surface area contributed by atoms with E-state index in [4.69, 9.17) is 4.74 Å². The Kier molecular flexibility index (Phi) is 5.37. The minimum absolute atomic E-state index is 0.0552. The molecule has 1 fully saturated rings. The van der Waals surface area contributed by atoms with Crippen molar-refractivity contribution in [2.45, 2.75) is 6.04 Å². The Hall–Kier alpha value is -2.77. The standard InChI is InChI=1S/C18H19N3O4/c22-18(19-15-7-4-8-16(13-15)21(23)24)17(14-5-2-1-3-6-14)20-9-11-25-12-10-20/h1-8,13,17H,9-12H2,(H,19,22)/t17-/m0/s1. The van der Waals surface area contributed by atoms with Crippen LogP contribution in [0.5, 0.6) is 0 Å². The fourth-order valence-corrected chi connectivity index (χ4v) is 2.91. The van der Waals surface area contributed by atoms with E-state index in [1.54, 1.807) is 12.1 Å². The average Bonchev–Trinajstić information content (AvgIpc) is 2.64. The molecule has 1 amide bonds. The quantitative estimate of drug-likeness (QED) is 0.667. The molecule has 1 N–H and O–H groups in total. The van der Waals surface area contributed by atoms with Gasteiger partial charge in [-0.2, -0.15) is 0 Å². The molecule has 1 aliphatic rings. The van der Waals surface area contributed by atoms with Gasteiger partial charge < -0.3 is 10.1 Å². The van der Waals surface area contributed by atoms with Crippen molar-refractivity contribution in [3.05, 3.63) is 70.3 Å². The van der Waals surface area contributed by atoms with E-state index in [1.807, 2.05) is 30.3 Å². The second-order valence-corrected chi connectivity index (χ2v) is 5.76. The Morgan fingerprint density at radius 3 is 2.52 bits per heavy atom. The first-order chi connectivity index (χ1) is 12.1. The van der Waals surface area contributed by atoms with Gasteiger partial charge in [0.2, 0.25) is 5.91 Å². The van der Waals surface area contributed by atoms with Gasteiger partial charge in [-0.15, -0.1) is 0 Å². The van der Waals surface area contributed by atoms with Crippen molar-refractivity contribution in [2.24, 2.45) is 0 Å². The number of anilines is 1. The second kappa shape index (κ2) is 7.87. The Morgan fingerprint density at radius 2 is 1.84 bits per heavy atom. The predicted molar refractivity (Wildman–Crippen MR) is 93.3 cm³/mol. The van der Waals surface area contributed by atoms with E-state index in [0.29, 0.717) is 32.0 Å². The number of amides is 1. The molecule has 1 heterocycles. The number of carbonyl (C=O) groups excluding carboxylic acids is 1. The smallest absolute Gasteiger partial charge is 0.271 e. The van der Waals surface area contributed by atoms with Gasteiger partial charge in [-0.05, 0) is 11.6 Å². The van der Waals surface area contributed by atoms with Crippen LogP contribution in [0.1, 0.15) is 11.6 Å². The van der Waals surface area contributed by atoms with Gasteiger partial charge in [-0.1, -0.05) is 36.4 Å². The molecule has 1 atom stereocenters. The number of nitrogens with one attached hydrogen (secondary N) is 1. The molecule has 1 saturated heterocycles. The number of nitro benzene ring substituents is 1. The number of nitro groups is 1. The van der Waals surface area contributed by atoms with Crippen LogP contribution < -0.4 is 5.32 Å². The first-order valence-electron chi connectivity index (χ1n) is 8.07. The summed E-state index contributed by atoms with van der Waals surface area (Å²) in [5.74, 6) is -0.214. The summed E-state index contributed by atoms with van der Waals surface area (Å²) in [4.78, 5) is 25.4. The van der Waals surface area contributed by atoms with Gasteiger partial charge in [0.15, 0.2) is 0 Å². The topological polar surface area (TPSA) is 84.7 Å². The van der Waals surface area contributed by atoms with Crippen LogP contribution in [0.2, 0.25) is 0 Å². The number of rotatable bonds is 5. The Morgan fingerprint density at radius 1 is 1.12 bits per heavy atom. The Balaban J connectivity index is 1.84. The highest BCUT2D eigenvalue weighted by molar-refractivity contribution is 5.95. The van der Waals surface area contributed by atoms with Gasteiger partial charge in [0.25, 0.3) is 5.69 Å².